The van der Waals surface area contributed by atoms with E-state index in [1.54, 1.807) is 42.5 Å². The summed E-state index contributed by atoms with van der Waals surface area (Å²) in [5.74, 6) is -1.46. The Kier molecular flexibility index (Phi) is 6.42. The highest BCUT2D eigenvalue weighted by molar-refractivity contribution is 7.99. The van der Waals surface area contributed by atoms with Gasteiger partial charge in [-0.25, -0.2) is 4.79 Å². The number of nitrogens with zero attached hydrogens (tertiary/aromatic N) is 3. The van der Waals surface area contributed by atoms with Crippen LogP contribution in [0.3, 0.4) is 0 Å². The normalized spacial score (nSPS) is 11.5. The van der Waals surface area contributed by atoms with Gasteiger partial charge in [0.05, 0.1) is 5.69 Å². The molecule has 0 spiro atoms. The van der Waals surface area contributed by atoms with Gasteiger partial charge >= 0.3 is 5.97 Å². The lowest BCUT2D eigenvalue weighted by molar-refractivity contribution is -0.149. The molecule has 3 N–H and O–H groups in total. The number of carbonyl (C=O) groups excluding carboxylic acids is 1. The van der Waals surface area contributed by atoms with Crippen LogP contribution in [-0.2, 0) is 9.59 Å². The zero-order chi connectivity index (χ0) is 22.3. The summed E-state index contributed by atoms with van der Waals surface area (Å²) in [7, 11) is 0. The molecule has 4 aromatic rings. The number of aliphatic carboxylic acids is 1. The van der Waals surface area contributed by atoms with Crippen molar-refractivity contribution in [2.24, 2.45) is 0 Å². The van der Waals surface area contributed by atoms with E-state index in [1.807, 2.05) is 36.4 Å². The minimum atomic E-state index is -1.71. The van der Waals surface area contributed by atoms with Crippen LogP contribution in [0.15, 0.2) is 88.7 Å². The molecule has 1 amide bonds. The van der Waals surface area contributed by atoms with E-state index in [9.17, 15) is 14.7 Å². The van der Waals surface area contributed by atoms with Gasteiger partial charge in [0.1, 0.15) is 5.75 Å². The van der Waals surface area contributed by atoms with Crippen molar-refractivity contribution in [2.45, 2.75) is 15.9 Å². The molecular weight excluding hydrogens is 430 g/mol. The number of aromatic nitrogens is 4. The number of carboxylic acids is 1. The molecule has 0 saturated carbocycles. The number of hydrogen-bond donors (Lipinski definition) is 3. The van der Waals surface area contributed by atoms with E-state index in [-0.39, 0.29) is 5.75 Å². The van der Waals surface area contributed by atoms with Crippen LogP contribution in [0.25, 0.3) is 11.4 Å². The molecule has 1 unspecified atom stereocenters. The van der Waals surface area contributed by atoms with Crippen LogP contribution in [-0.4, -0.2) is 43.7 Å². The molecule has 1 atom stereocenters. The van der Waals surface area contributed by atoms with Gasteiger partial charge < -0.3 is 15.2 Å². The van der Waals surface area contributed by atoms with Crippen molar-refractivity contribution in [3.8, 4) is 17.1 Å². The fraction of sp³-hybridized carbons (Fsp3) is 0.0455. The van der Waals surface area contributed by atoms with Crippen LogP contribution < -0.4 is 10.1 Å². The first-order valence-corrected chi connectivity index (χ1v) is 10.3. The molecule has 32 heavy (non-hydrogen) atoms. The van der Waals surface area contributed by atoms with Gasteiger partial charge in [0.2, 0.25) is 5.82 Å². The highest BCUT2D eigenvalue weighted by atomic mass is 32.2. The van der Waals surface area contributed by atoms with E-state index in [2.05, 4.69) is 25.9 Å². The number of para-hydroxylation sites is 2. The van der Waals surface area contributed by atoms with Crippen LogP contribution in [0.2, 0.25) is 0 Å². The Morgan fingerprint density at radius 1 is 0.938 bits per heavy atom. The number of aromatic amines is 1. The summed E-state index contributed by atoms with van der Waals surface area (Å²) in [6.07, 6.45) is -1.71. The number of H-pyrrole nitrogens is 1. The predicted molar refractivity (Wildman–Crippen MR) is 117 cm³/mol. The van der Waals surface area contributed by atoms with Crippen molar-refractivity contribution >= 4 is 29.3 Å². The third kappa shape index (κ3) is 4.93. The molecule has 0 aliphatic carbocycles. The van der Waals surface area contributed by atoms with E-state index in [4.69, 9.17) is 4.74 Å². The number of rotatable bonds is 8. The van der Waals surface area contributed by atoms with Gasteiger partial charge in [-0.05, 0) is 41.6 Å². The maximum atomic E-state index is 12.8. The van der Waals surface area contributed by atoms with Gasteiger partial charge in [-0.1, -0.05) is 54.2 Å². The van der Waals surface area contributed by atoms with E-state index in [1.165, 1.54) is 11.8 Å². The van der Waals surface area contributed by atoms with Crippen molar-refractivity contribution in [2.75, 3.05) is 5.32 Å². The number of benzene rings is 3. The maximum Gasteiger partial charge on any atom is 0.354 e. The number of amides is 1. The smallest absolute Gasteiger partial charge is 0.354 e. The summed E-state index contributed by atoms with van der Waals surface area (Å²) < 4.78 is 5.39. The molecule has 3 aromatic carbocycles. The molecule has 0 aliphatic heterocycles. The SMILES string of the molecule is O=C(O)C(Oc1ccccc1)C(=O)Nc1ccccc1Sc1ccccc1-c1nn[nH]n1. The quantitative estimate of drug-likeness (QED) is 0.350. The summed E-state index contributed by atoms with van der Waals surface area (Å²) in [5, 5.41) is 26.3. The number of carboxylic acid groups (broad SMARTS) is 1. The number of hydrogen-bond acceptors (Lipinski definition) is 7. The third-order valence-electron chi connectivity index (χ3n) is 4.30. The first-order valence-electron chi connectivity index (χ1n) is 9.47. The van der Waals surface area contributed by atoms with E-state index in [0.717, 1.165) is 10.5 Å². The van der Waals surface area contributed by atoms with Gasteiger partial charge in [0.15, 0.2) is 0 Å². The second kappa shape index (κ2) is 9.75. The van der Waals surface area contributed by atoms with Crippen molar-refractivity contribution in [3.05, 3.63) is 78.9 Å². The average Bonchev–Trinajstić information content (AvgIpc) is 3.34. The zero-order valence-corrected chi connectivity index (χ0v) is 17.3. The Balaban J connectivity index is 1.57. The molecule has 1 aromatic heterocycles. The minimum absolute atomic E-state index is 0.284. The summed E-state index contributed by atoms with van der Waals surface area (Å²) in [4.78, 5) is 26.0. The molecule has 0 bridgehead atoms. The third-order valence-corrected chi connectivity index (χ3v) is 5.45. The van der Waals surface area contributed by atoms with Gasteiger partial charge in [0, 0.05) is 15.4 Å². The molecular formula is C22H17N5O4S. The minimum Gasteiger partial charge on any atom is -0.478 e. The van der Waals surface area contributed by atoms with Crippen molar-refractivity contribution in [3.63, 3.8) is 0 Å². The summed E-state index contributed by atoms with van der Waals surface area (Å²) in [5.41, 5.74) is 1.22. The van der Waals surface area contributed by atoms with Crippen molar-refractivity contribution < 1.29 is 19.4 Å². The number of anilines is 1. The number of ether oxygens (including phenoxy) is 1. The van der Waals surface area contributed by atoms with E-state index < -0.39 is 18.0 Å². The van der Waals surface area contributed by atoms with E-state index >= 15 is 0 Å². The molecule has 0 saturated heterocycles. The fourth-order valence-electron chi connectivity index (χ4n) is 2.84. The van der Waals surface area contributed by atoms with Crippen LogP contribution in [0.1, 0.15) is 0 Å². The van der Waals surface area contributed by atoms with Gasteiger partial charge in [0.25, 0.3) is 12.0 Å². The Labute approximate surface area is 186 Å². The van der Waals surface area contributed by atoms with Crippen LogP contribution in [0, 0.1) is 0 Å². The first-order chi connectivity index (χ1) is 15.6. The highest BCUT2D eigenvalue weighted by Crippen LogP contribution is 2.38. The monoisotopic (exact) mass is 447 g/mol. The standard InChI is InChI=1S/C22H17N5O4S/c28-21(19(22(29)30)31-14-8-2-1-3-9-14)23-16-11-5-7-13-18(16)32-17-12-6-4-10-15(17)20-24-26-27-25-20/h1-13,19H,(H,23,28)(H,29,30)(H,24,25,26,27). The van der Waals surface area contributed by atoms with Crippen molar-refractivity contribution in [1.29, 1.82) is 0 Å². The topological polar surface area (TPSA) is 130 Å². The second-order valence-corrected chi connectivity index (χ2v) is 7.55. The number of carbonyl (C=O) groups is 2. The Morgan fingerprint density at radius 2 is 1.62 bits per heavy atom. The first kappa shape index (κ1) is 21.1. The van der Waals surface area contributed by atoms with Crippen LogP contribution >= 0.6 is 11.8 Å². The second-order valence-electron chi connectivity index (χ2n) is 6.47. The molecule has 9 nitrogen and oxygen atoms in total. The van der Waals surface area contributed by atoms with Gasteiger partial charge in [-0.15, -0.1) is 10.2 Å². The van der Waals surface area contributed by atoms with Crippen LogP contribution in [0.4, 0.5) is 5.69 Å². The number of nitrogens with one attached hydrogen (secondary N) is 2. The average molecular weight is 447 g/mol. The highest BCUT2D eigenvalue weighted by Gasteiger charge is 2.29. The van der Waals surface area contributed by atoms with Crippen molar-refractivity contribution in [1.82, 2.24) is 20.6 Å². The molecule has 1 heterocycles. The molecule has 160 valence electrons. The summed E-state index contributed by atoms with van der Waals surface area (Å²) in [6, 6.07) is 22.9. The lowest BCUT2D eigenvalue weighted by atomic mass is 10.2. The number of tetrazole rings is 1. The Morgan fingerprint density at radius 3 is 2.34 bits per heavy atom. The Hall–Kier alpha value is -4.18. The fourth-order valence-corrected chi connectivity index (χ4v) is 3.87. The largest absolute Gasteiger partial charge is 0.478 e. The summed E-state index contributed by atoms with van der Waals surface area (Å²) >= 11 is 1.38. The van der Waals surface area contributed by atoms with Gasteiger partial charge in [-0.3, -0.25) is 4.79 Å². The molecule has 10 heteroatoms. The molecule has 0 fully saturated rings. The molecule has 0 radical (unpaired) electrons. The molecule has 0 aliphatic rings. The zero-order valence-electron chi connectivity index (χ0n) is 16.5. The molecule has 4 rings (SSSR count). The lowest BCUT2D eigenvalue weighted by Crippen LogP contribution is -2.39. The maximum absolute atomic E-state index is 12.8. The van der Waals surface area contributed by atoms with E-state index in [0.29, 0.717) is 16.4 Å². The predicted octanol–water partition coefficient (Wildman–Crippen LogP) is 3.49. The Bertz CT molecular complexity index is 1220. The van der Waals surface area contributed by atoms with Crippen LogP contribution in [0.5, 0.6) is 5.75 Å². The van der Waals surface area contributed by atoms with Gasteiger partial charge in [-0.2, -0.15) is 5.21 Å². The lowest BCUT2D eigenvalue weighted by Gasteiger charge is -2.17. The summed E-state index contributed by atoms with van der Waals surface area (Å²) in [6.45, 7) is 0.